The zero-order chi connectivity index (χ0) is 18.4. The molecule has 0 atom stereocenters. The summed E-state index contributed by atoms with van der Waals surface area (Å²) in [5.41, 5.74) is 0.550. The van der Waals surface area contributed by atoms with Crippen LogP contribution < -0.4 is 5.32 Å². The van der Waals surface area contributed by atoms with Crippen LogP contribution >= 0.6 is 0 Å². The second-order valence-corrected chi connectivity index (χ2v) is 5.48. The average Bonchev–Trinajstić information content (AvgIpc) is 3.02. The average molecular weight is 347 g/mol. The Kier molecular flexibility index (Phi) is 6.04. The maximum Gasteiger partial charge on any atom is 0.272 e. The van der Waals surface area contributed by atoms with Crippen molar-refractivity contribution >= 4 is 28.4 Å². The Morgan fingerprint density at radius 3 is 2.68 bits per heavy atom. The molecule has 1 aromatic heterocycles. The lowest BCUT2D eigenvalue weighted by atomic mass is 10.2. The number of rotatable bonds is 8. The van der Waals surface area contributed by atoms with E-state index in [1.54, 1.807) is 4.90 Å². The number of nitrogens with one attached hydrogen (secondary N) is 2. The Morgan fingerprint density at radius 1 is 1.32 bits per heavy atom. The van der Waals surface area contributed by atoms with Crippen LogP contribution in [0.1, 0.15) is 37.2 Å². The molecule has 0 aliphatic heterocycles. The van der Waals surface area contributed by atoms with Gasteiger partial charge in [0.1, 0.15) is 0 Å². The Bertz CT molecular complexity index is 782. The minimum absolute atomic E-state index is 0.0556. The molecule has 1 heterocycles. The lowest BCUT2D eigenvalue weighted by Crippen LogP contribution is -2.31. The van der Waals surface area contributed by atoms with Crippen molar-refractivity contribution in [2.75, 3.05) is 19.6 Å². The van der Waals surface area contributed by atoms with Crippen LogP contribution in [-0.4, -0.2) is 51.5 Å². The van der Waals surface area contributed by atoms with E-state index in [2.05, 4.69) is 15.5 Å². The van der Waals surface area contributed by atoms with Crippen molar-refractivity contribution in [2.45, 2.75) is 26.7 Å². The molecule has 0 aliphatic carbocycles. The molecule has 9 heteroatoms. The SMILES string of the molecule is CCN(CC)C(=O)CCCNC(=O)c1n[nH]c2ccc([N+](=O)[O-])cc12. The molecule has 0 aliphatic rings. The zero-order valence-corrected chi connectivity index (χ0v) is 14.2. The fourth-order valence-corrected chi connectivity index (χ4v) is 2.55. The normalized spacial score (nSPS) is 10.6. The summed E-state index contributed by atoms with van der Waals surface area (Å²) in [6.07, 6.45) is 0.873. The summed E-state index contributed by atoms with van der Waals surface area (Å²) < 4.78 is 0. The number of aromatic amines is 1. The number of aromatic nitrogens is 2. The van der Waals surface area contributed by atoms with E-state index in [0.717, 1.165) is 0 Å². The van der Waals surface area contributed by atoms with Crippen molar-refractivity contribution in [1.82, 2.24) is 20.4 Å². The summed E-state index contributed by atoms with van der Waals surface area (Å²) in [5.74, 6) is -0.373. The predicted octanol–water partition coefficient (Wildman–Crippen LogP) is 1.85. The molecule has 0 bridgehead atoms. The summed E-state index contributed by atoms with van der Waals surface area (Å²) >= 11 is 0. The van der Waals surface area contributed by atoms with E-state index in [0.29, 0.717) is 43.4 Å². The molecule has 0 radical (unpaired) electrons. The van der Waals surface area contributed by atoms with Crippen molar-refractivity contribution in [2.24, 2.45) is 0 Å². The second kappa shape index (κ2) is 8.22. The molecule has 25 heavy (non-hydrogen) atoms. The first-order valence-corrected chi connectivity index (χ1v) is 8.16. The van der Waals surface area contributed by atoms with Crippen LogP contribution in [0, 0.1) is 10.1 Å². The van der Waals surface area contributed by atoms with Gasteiger partial charge in [-0.05, 0) is 26.3 Å². The highest BCUT2D eigenvalue weighted by atomic mass is 16.6. The first kappa shape index (κ1) is 18.4. The molecule has 134 valence electrons. The van der Waals surface area contributed by atoms with E-state index in [-0.39, 0.29) is 17.3 Å². The highest BCUT2D eigenvalue weighted by molar-refractivity contribution is 6.05. The van der Waals surface area contributed by atoms with Gasteiger partial charge in [-0.15, -0.1) is 0 Å². The van der Waals surface area contributed by atoms with E-state index in [1.807, 2.05) is 13.8 Å². The number of amides is 2. The smallest absolute Gasteiger partial charge is 0.272 e. The van der Waals surface area contributed by atoms with Crippen LogP contribution in [0.25, 0.3) is 10.9 Å². The second-order valence-electron chi connectivity index (χ2n) is 5.48. The third-order valence-electron chi connectivity index (χ3n) is 3.94. The van der Waals surface area contributed by atoms with Crippen molar-refractivity contribution in [3.05, 3.63) is 34.0 Å². The molecule has 2 amide bonds. The van der Waals surface area contributed by atoms with Gasteiger partial charge in [-0.25, -0.2) is 0 Å². The van der Waals surface area contributed by atoms with Crippen LogP contribution in [0.15, 0.2) is 18.2 Å². The van der Waals surface area contributed by atoms with Gasteiger partial charge in [-0.3, -0.25) is 24.8 Å². The van der Waals surface area contributed by atoms with E-state index in [1.165, 1.54) is 18.2 Å². The van der Waals surface area contributed by atoms with Crippen LogP contribution in [0.4, 0.5) is 5.69 Å². The monoisotopic (exact) mass is 347 g/mol. The molecule has 0 saturated carbocycles. The van der Waals surface area contributed by atoms with Gasteiger partial charge in [0.2, 0.25) is 5.91 Å². The molecule has 0 fully saturated rings. The summed E-state index contributed by atoms with van der Waals surface area (Å²) in [4.78, 5) is 36.2. The predicted molar refractivity (Wildman–Crippen MR) is 92.2 cm³/mol. The fraction of sp³-hybridized carbons (Fsp3) is 0.438. The molecule has 9 nitrogen and oxygen atoms in total. The van der Waals surface area contributed by atoms with Gasteiger partial charge in [0, 0.05) is 43.6 Å². The van der Waals surface area contributed by atoms with Crippen molar-refractivity contribution < 1.29 is 14.5 Å². The molecule has 0 unspecified atom stereocenters. The number of nitrogens with zero attached hydrogens (tertiary/aromatic N) is 3. The molecule has 2 rings (SSSR count). The van der Waals surface area contributed by atoms with Gasteiger partial charge >= 0.3 is 0 Å². The first-order chi connectivity index (χ1) is 12.0. The highest BCUT2D eigenvalue weighted by Crippen LogP contribution is 2.21. The van der Waals surface area contributed by atoms with Crippen molar-refractivity contribution in [3.8, 4) is 0 Å². The Balaban J connectivity index is 1.95. The molecule has 2 N–H and O–H groups in total. The Morgan fingerprint density at radius 2 is 2.04 bits per heavy atom. The van der Waals surface area contributed by atoms with Gasteiger partial charge < -0.3 is 10.2 Å². The summed E-state index contributed by atoms with van der Waals surface area (Å²) in [6, 6.07) is 4.18. The fourth-order valence-electron chi connectivity index (χ4n) is 2.55. The molecular formula is C16H21N5O4. The Hall–Kier alpha value is -2.97. The third kappa shape index (κ3) is 4.31. The maximum atomic E-state index is 12.2. The largest absolute Gasteiger partial charge is 0.351 e. The first-order valence-electron chi connectivity index (χ1n) is 8.16. The van der Waals surface area contributed by atoms with Crippen LogP contribution in [0.3, 0.4) is 0 Å². The minimum atomic E-state index is -0.521. The molecule has 0 saturated heterocycles. The number of hydrogen-bond donors (Lipinski definition) is 2. The number of nitro benzene ring substituents is 1. The molecule has 2 aromatic rings. The van der Waals surface area contributed by atoms with E-state index in [4.69, 9.17) is 0 Å². The zero-order valence-electron chi connectivity index (χ0n) is 14.2. The van der Waals surface area contributed by atoms with Crippen LogP contribution in [0.5, 0.6) is 0 Å². The number of H-pyrrole nitrogens is 1. The summed E-state index contributed by atoms with van der Waals surface area (Å²) in [6.45, 7) is 5.50. The quantitative estimate of drug-likeness (QED) is 0.429. The van der Waals surface area contributed by atoms with Gasteiger partial charge in [-0.1, -0.05) is 0 Å². The number of carbonyl (C=O) groups excluding carboxylic acids is 2. The number of carbonyl (C=O) groups is 2. The van der Waals surface area contributed by atoms with Crippen molar-refractivity contribution in [1.29, 1.82) is 0 Å². The van der Waals surface area contributed by atoms with Crippen LogP contribution in [-0.2, 0) is 4.79 Å². The van der Waals surface area contributed by atoms with Crippen molar-refractivity contribution in [3.63, 3.8) is 0 Å². The number of hydrogen-bond acceptors (Lipinski definition) is 5. The number of benzene rings is 1. The molecule has 0 spiro atoms. The highest BCUT2D eigenvalue weighted by Gasteiger charge is 2.17. The van der Waals surface area contributed by atoms with Crippen LogP contribution in [0.2, 0.25) is 0 Å². The molecular weight excluding hydrogens is 326 g/mol. The topological polar surface area (TPSA) is 121 Å². The van der Waals surface area contributed by atoms with Gasteiger partial charge in [-0.2, -0.15) is 5.10 Å². The standard InChI is InChI=1S/C16H21N5O4/c1-3-20(4-2)14(22)6-5-9-17-16(23)15-12-10-11(21(24)25)7-8-13(12)18-19-15/h7-8,10H,3-6,9H2,1-2H3,(H,17,23)(H,18,19). The number of nitro groups is 1. The minimum Gasteiger partial charge on any atom is -0.351 e. The summed E-state index contributed by atoms with van der Waals surface area (Å²) in [5, 5.41) is 20.6. The summed E-state index contributed by atoms with van der Waals surface area (Å²) in [7, 11) is 0. The van der Waals surface area contributed by atoms with E-state index < -0.39 is 10.8 Å². The maximum absolute atomic E-state index is 12.2. The lowest BCUT2D eigenvalue weighted by molar-refractivity contribution is -0.384. The third-order valence-corrected chi connectivity index (χ3v) is 3.94. The van der Waals surface area contributed by atoms with E-state index in [9.17, 15) is 19.7 Å². The van der Waals surface area contributed by atoms with Gasteiger partial charge in [0.05, 0.1) is 10.4 Å². The lowest BCUT2D eigenvalue weighted by Gasteiger charge is -2.18. The number of fused-ring (bicyclic) bond motifs is 1. The Labute approximate surface area is 144 Å². The molecule has 1 aromatic carbocycles. The van der Waals surface area contributed by atoms with Gasteiger partial charge in [0.15, 0.2) is 5.69 Å². The number of non-ortho nitro benzene ring substituents is 1. The van der Waals surface area contributed by atoms with Gasteiger partial charge in [0.25, 0.3) is 11.6 Å². The van der Waals surface area contributed by atoms with E-state index >= 15 is 0 Å².